The van der Waals surface area contributed by atoms with Gasteiger partial charge in [-0.05, 0) is 58.3 Å². The van der Waals surface area contributed by atoms with E-state index in [4.69, 9.17) is 9.47 Å². The van der Waals surface area contributed by atoms with Gasteiger partial charge in [-0.25, -0.2) is 0 Å². The minimum atomic E-state index is -0.201. The summed E-state index contributed by atoms with van der Waals surface area (Å²) in [6, 6.07) is 28.6. The molecule has 0 atom stereocenters. The molecule has 6 nitrogen and oxygen atoms in total. The quantitative estimate of drug-likeness (QED) is 0.236. The predicted molar refractivity (Wildman–Crippen MR) is 152 cm³/mol. The van der Waals surface area contributed by atoms with Crippen LogP contribution < -0.4 is 20.1 Å². The van der Waals surface area contributed by atoms with Crippen molar-refractivity contribution in [2.24, 2.45) is 0 Å². The Morgan fingerprint density at radius 2 is 1.53 bits per heavy atom. The zero-order chi connectivity index (χ0) is 26.5. The first-order valence-electron chi connectivity index (χ1n) is 12.0. The molecule has 0 aliphatic heterocycles. The minimum Gasteiger partial charge on any atom is -0.497 e. The van der Waals surface area contributed by atoms with Crippen LogP contribution in [0.1, 0.15) is 25.6 Å². The summed E-state index contributed by atoms with van der Waals surface area (Å²) in [5, 5.41) is 9.92. The highest BCUT2D eigenvalue weighted by atomic mass is 32.1. The number of ether oxygens (including phenoxy) is 2. The van der Waals surface area contributed by atoms with E-state index < -0.39 is 0 Å². The Labute approximate surface area is 224 Å². The smallest absolute Gasteiger partial charge is 0.265 e. The Kier molecular flexibility index (Phi) is 7.38. The van der Waals surface area contributed by atoms with Crippen LogP contribution in [0.15, 0.2) is 96.4 Å². The Morgan fingerprint density at radius 3 is 2.24 bits per heavy atom. The highest BCUT2D eigenvalue weighted by molar-refractivity contribution is 7.13. The Hall–Kier alpha value is -4.62. The van der Waals surface area contributed by atoms with E-state index in [0.717, 1.165) is 33.2 Å². The van der Waals surface area contributed by atoms with Gasteiger partial charge in [0.1, 0.15) is 16.4 Å². The van der Waals surface area contributed by atoms with Crippen molar-refractivity contribution in [2.75, 3.05) is 19.5 Å². The van der Waals surface area contributed by atoms with Gasteiger partial charge in [0.15, 0.2) is 0 Å². The first-order valence-corrected chi connectivity index (χ1v) is 12.9. The SMILES string of the molecule is COc1ccc(CNC(=O)c2scc(-c3ccc(NC(=O)c4ccc5ccccc5c4)cc3)c2OC)cc1. The van der Waals surface area contributed by atoms with Crippen molar-refractivity contribution in [1.29, 1.82) is 0 Å². The molecular formula is C31H26N2O4S. The van der Waals surface area contributed by atoms with Crippen molar-refractivity contribution in [1.82, 2.24) is 5.32 Å². The molecular weight excluding hydrogens is 496 g/mol. The molecule has 5 rings (SSSR count). The van der Waals surface area contributed by atoms with Crippen LogP contribution in [0.3, 0.4) is 0 Å². The summed E-state index contributed by atoms with van der Waals surface area (Å²) in [6.07, 6.45) is 0. The van der Waals surface area contributed by atoms with Crippen LogP contribution in [0.4, 0.5) is 5.69 Å². The summed E-state index contributed by atoms with van der Waals surface area (Å²) in [5.41, 5.74) is 3.95. The summed E-state index contributed by atoms with van der Waals surface area (Å²) in [6.45, 7) is 0.394. The molecule has 38 heavy (non-hydrogen) atoms. The van der Waals surface area contributed by atoms with Crippen molar-refractivity contribution >= 4 is 39.6 Å². The minimum absolute atomic E-state index is 0.174. The van der Waals surface area contributed by atoms with E-state index in [1.807, 2.05) is 96.4 Å². The molecule has 5 aromatic rings. The molecule has 0 spiro atoms. The zero-order valence-corrected chi connectivity index (χ0v) is 21.8. The Morgan fingerprint density at radius 1 is 0.789 bits per heavy atom. The van der Waals surface area contributed by atoms with Crippen LogP contribution in [0, 0.1) is 0 Å². The summed E-state index contributed by atoms with van der Waals surface area (Å²) < 4.78 is 10.8. The van der Waals surface area contributed by atoms with E-state index in [1.165, 1.54) is 11.3 Å². The first kappa shape index (κ1) is 25.0. The Balaban J connectivity index is 1.27. The summed E-state index contributed by atoms with van der Waals surface area (Å²) in [7, 11) is 3.18. The number of fused-ring (bicyclic) bond motifs is 1. The molecule has 190 valence electrons. The van der Waals surface area contributed by atoms with Crippen molar-refractivity contribution < 1.29 is 19.1 Å². The second kappa shape index (κ2) is 11.2. The van der Waals surface area contributed by atoms with Gasteiger partial charge in [-0.15, -0.1) is 11.3 Å². The number of hydrogen-bond acceptors (Lipinski definition) is 5. The molecule has 0 aliphatic carbocycles. The second-order valence-corrected chi connectivity index (χ2v) is 9.52. The van der Waals surface area contributed by atoms with Gasteiger partial charge in [-0.1, -0.05) is 54.6 Å². The molecule has 1 aromatic heterocycles. The molecule has 1 heterocycles. The van der Waals surface area contributed by atoms with Crippen LogP contribution in [0.2, 0.25) is 0 Å². The number of amides is 2. The largest absolute Gasteiger partial charge is 0.497 e. The number of nitrogens with one attached hydrogen (secondary N) is 2. The van der Waals surface area contributed by atoms with E-state index >= 15 is 0 Å². The highest BCUT2D eigenvalue weighted by Gasteiger charge is 2.20. The van der Waals surface area contributed by atoms with E-state index in [0.29, 0.717) is 28.4 Å². The van der Waals surface area contributed by atoms with Crippen LogP contribution in [-0.2, 0) is 6.54 Å². The number of hydrogen-bond donors (Lipinski definition) is 2. The molecule has 0 fully saturated rings. The molecule has 2 amide bonds. The number of rotatable bonds is 8. The molecule has 2 N–H and O–H groups in total. The fourth-order valence-electron chi connectivity index (χ4n) is 4.18. The molecule has 0 aliphatic rings. The van der Waals surface area contributed by atoms with Crippen molar-refractivity contribution in [3.63, 3.8) is 0 Å². The average molecular weight is 523 g/mol. The third kappa shape index (κ3) is 5.38. The number of benzene rings is 4. The monoisotopic (exact) mass is 522 g/mol. The molecule has 0 radical (unpaired) electrons. The predicted octanol–water partition coefficient (Wildman–Crippen LogP) is 6.77. The normalized spacial score (nSPS) is 10.7. The lowest BCUT2D eigenvalue weighted by molar-refractivity contribution is 0.0951. The molecule has 0 bridgehead atoms. The van der Waals surface area contributed by atoms with Gasteiger partial charge < -0.3 is 20.1 Å². The van der Waals surface area contributed by atoms with Gasteiger partial charge in [0.2, 0.25) is 0 Å². The third-order valence-electron chi connectivity index (χ3n) is 6.23. The van der Waals surface area contributed by atoms with Crippen LogP contribution >= 0.6 is 11.3 Å². The fourth-order valence-corrected chi connectivity index (χ4v) is 5.14. The van der Waals surface area contributed by atoms with Crippen molar-refractivity contribution in [3.05, 3.63) is 112 Å². The lowest BCUT2D eigenvalue weighted by Crippen LogP contribution is -2.22. The van der Waals surface area contributed by atoms with Crippen LogP contribution in [0.25, 0.3) is 21.9 Å². The maximum atomic E-state index is 12.9. The lowest BCUT2D eigenvalue weighted by Gasteiger charge is -2.10. The lowest BCUT2D eigenvalue weighted by atomic mass is 10.1. The van der Waals surface area contributed by atoms with E-state index in [-0.39, 0.29) is 11.8 Å². The number of methoxy groups -OCH3 is 2. The van der Waals surface area contributed by atoms with Gasteiger partial charge in [-0.2, -0.15) is 0 Å². The van der Waals surface area contributed by atoms with Gasteiger partial charge in [0.05, 0.1) is 14.2 Å². The van der Waals surface area contributed by atoms with E-state index in [2.05, 4.69) is 10.6 Å². The topological polar surface area (TPSA) is 76.7 Å². The zero-order valence-electron chi connectivity index (χ0n) is 21.0. The number of thiophene rings is 1. The van der Waals surface area contributed by atoms with Gasteiger partial charge >= 0.3 is 0 Å². The summed E-state index contributed by atoms with van der Waals surface area (Å²) in [5.74, 6) is 0.916. The molecule has 0 saturated carbocycles. The molecule has 4 aromatic carbocycles. The standard InChI is InChI=1S/C31H26N2O4S/c1-36-26-15-7-20(8-16-26)18-32-31(35)29-28(37-2)27(19-38-29)22-11-13-25(14-12-22)33-30(34)24-10-9-21-5-3-4-6-23(21)17-24/h3-17,19H,18H2,1-2H3,(H,32,35)(H,33,34). The molecule has 0 saturated heterocycles. The highest BCUT2D eigenvalue weighted by Crippen LogP contribution is 2.38. The summed E-state index contributed by atoms with van der Waals surface area (Å²) >= 11 is 1.33. The molecule has 7 heteroatoms. The molecule has 0 unspecified atom stereocenters. The Bertz CT molecular complexity index is 1590. The fraction of sp³-hybridized carbons (Fsp3) is 0.0968. The van der Waals surface area contributed by atoms with Crippen molar-refractivity contribution in [3.8, 4) is 22.6 Å². The summed E-state index contributed by atoms with van der Waals surface area (Å²) in [4.78, 5) is 26.2. The van der Waals surface area contributed by atoms with Crippen molar-refractivity contribution in [2.45, 2.75) is 6.54 Å². The maximum Gasteiger partial charge on any atom is 0.265 e. The number of anilines is 1. The van der Waals surface area contributed by atoms with Crippen LogP contribution in [0.5, 0.6) is 11.5 Å². The van der Waals surface area contributed by atoms with Gasteiger partial charge in [0, 0.05) is 28.7 Å². The average Bonchev–Trinajstić information content (AvgIpc) is 3.40. The maximum absolute atomic E-state index is 12.9. The van der Waals surface area contributed by atoms with Gasteiger partial charge in [-0.3, -0.25) is 9.59 Å². The third-order valence-corrected chi connectivity index (χ3v) is 7.19. The number of carbonyl (C=O) groups is 2. The first-order chi connectivity index (χ1) is 18.6. The van der Waals surface area contributed by atoms with E-state index in [9.17, 15) is 9.59 Å². The van der Waals surface area contributed by atoms with E-state index in [1.54, 1.807) is 14.2 Å². The van der Waals surface area contributed by atoms with Gasteiger partial charge in [0.25, 0.3) is 11.8 Å². The second-order valence-electron chi connectivity index (χ2n) is 8.64. The van der Waals surface area contributed by atoms with Crippen LogP contribution in [-0.4, -0.2) is 26.0 Å². The number of carbonyl (C=O) groups excluding carboxylic acids is 2.